The lowest BCUT2D eigenvalue weighted by Crippen LogP contribution is -2.45. The van der Waals surface area contributed by atoms with Gasteiger partial charge < -0.3 is 15.0 Å². The second kappa shape index (κ2) is 8.71. The van der Waals surface area contributed by atoms with Crippen LogP contribution in [0.25, 0.3) is 0 Å². The van der Waals surface area contributed by atoms with Crippen LogP contribution in [0.3, 0.4) is 0 Å². The molecule has 6 nitrogen and oxygen atoms in total. The van der Waals surface area contributed by atoms with E-state index in [1.165, 1.54) is 11.8 Å². The third-order valence-corrected chi connectivity index (χ3v) is 5.53. The molecule has 1 aromatic heterocycles. The van der Waals surface area contributed by atoms with Gasteiger partial charge in [-0.15, -0.1) is 0 Å². The summed E-state index contributed by atoms with van der Waals surface area (Å²) in [4.78, 5) is 23.2. The highest BCUT2D eigenvalue weighted by atomic mass is 32.2. The summed E-state index contributed by atoms with van der Waals surface area (Å²) in [7, 11) is 0. The van der Waals surface area contributed by atoms with Gasteiger partial charge in [0.15, 0.2) is 0 Å². The monoisotopic (exact) mass is 386 g/mol. The van der Waals surface area contributed by atoms with Crippen LogP contribution in [0.4, 0.5) is 11.5 Å². The minimum Gasteiger partial charge on any atom is -0.372 e. The lowest BCUT2D eigenvalue weighted by Gasteiger charge is -2.36. The number of nitrogens with one attached hydrogen (secondary N) is 1. The molecule has 1 N–H and O–H groups in total. The van der Waals surface area contributed by atoms with E-state index in [0.29, 0.717) is 5.75 Å². The van der Waals surface area contributed by atoms with Gasteiger partial charge in [-0.05, 0) is 44.9 Å². The number of hydrogen-bond acceptors (Lipinski definition) is 6. The van der Waals surface area contributed by atoms with Crippen molar-refractivity contribution in [3.63, 3.8) is 0 Å². The molecule has 1 fully saturated rings. The molecule has 7 heteroatoms. The molecule has 0 radical (unpaired) electrons. The molecule has 1 aliphatic rings. The van der Waals surface area contributed by atoms with E-state index in [1.807, 2.05) is 38.1 Å². The summed E-state index contributed by atoms with van der Waals surface area (Å²) in [5.41, 5.74) is 3.12. The van der Waals surface area contributed by atoms with Gasteiger partial charge in [-0.2, -0.15) is 0 Å². The van der Waals surface area contributed by atoms with Crippen LogP contribution in [0.15, 0.2) is 35.6 Å². The number of benzene rings is 1. The summed E-state index contributed by atoms with van der Waals surface area (Å²) in [6, 6.07) is 7.86. The maximum Gasteiger partial charge on any atom is 0.234 e. The summed E-state index contributed by atoms with van der Waals surface area (Å²) < 4.78 is 5.78. The molecule has 0 bridgehead atoms. The van der Waals surface area contributed by atoms with Crippen LogP contribution in [-0.4, -0.2) is 46.9 Å². The molecule has 1 aromatic carbocycles. The fourth-order valence-electron chi connectivity index (χ4n) is 3.16. The summed E-state index contributed by atoms with van der Waals surface area (Å²) in [6.45, 7) is 9.79. The highest BCUT2D eigenvalue weighted by molar-refractivity contribution is 7.99. The van der Waals surface area contributed by atoms with Crippen LogP contribution in [0.1, 0.15) is 25.0 Å². The maximum absolute atomic E-state index is 12.3. The zero-order valence-corrected chi connectivity index (χ0v) is 17.0. The molecule has 1 aliphatic heterocycles. The number of ether oxygens (including phenoxy) is 1. The van der Waals surface area contributed by atoms with Gasteiger partial charge in [0.1, 0.15) is 17.2 Å². The van der Waals surface area contributed by atoms with Crippen molar-refractivity contribution in [1.82, 2.24) is 9.97 Å². The van der Waals surface area contributed by atoms with Gasteiger partial charge in [0.25, 0.3) is 0 Å². The maximum atomic E-state index is 12.3. The van der Waals surface area contributed by atoms with E-state index >= 15 is 0 Å². The summed E-state index contributed by atoms with van der Waals surface area (Å²) in [5.74, 6) is 1.15. The molecule has 27 heavy (non-hydrogen) atoms. The van der Waals surface area contributed by atoms with Crippen molar-refractivity contribution in [3.05, 3.63) is 41.7 Å². The Morgan fingerprint density at radius 3 is 2.74 bits per heavy atom. The lowest BCUT2D eigenvalue weighted by atomic mass is 10.1. The minimum atomic E-state index is -0.0394. The van der Waals surface area contributed by atoms with Crippen LogP contribution < -0.4 is 10.2 Å². The predicted molar refractivity (Wildman–Crippen MR) is 110 cm³/mol. The van der Waals surface area contributed by atoms with Gasteiger partial charge in [-0.3, -0.25) is 4.79 Å². The minimum absolute atomic E-state index is 0.0394. The zero-order chi connectivity index (χ0) is 19.4. The Hall–Kier alpha value is -2.12. The average molecular weight is 387 g/mol. The topological polar surface area (TPSA) is 67.4 Å². The van der Waals surface area contributed by atoms with E-state index in [1.54, 1.807) is 6.33 Å². The zero-order valence-electron chi connectivity index (χ0n) is 16.2. The molecular formula is C20H26N4O2S. The van der Waals surface area contributed by atoms with Crippen molar-refractivity contribution in [3.8, 4) is 0 Å². The molecule has 1 saturated heterocycles. The number of aryl methyl sites for hydroxylation is 1. The molecule has 1 amide bonds. The second-order valence-electron chi connectivity index (χ2n) is 6.96. The van der Waals surface area contributed by atoms with Crippen molar-refractivity contribution in [2.75, 3.05) is 29.1 Å². The highest BCUT2D eigenvalue weighted by Gasteiger charge is 2.23. The molecule has 2 aromatic rings. The number of thioether (sulfide) groups is 1. The first kappa shape index (κ1) is 19.6. The van der Waals surface area contributed by atoms with Crippen molar-refractivity contribution < 1.29 is 9.53 Å². The van der Waals surface area contributed by atoms with Crippen LogP contribution in [0, 0.1) is 13.8 Å². The number of amides is 1. The van der Waals surface area contributed by atoms with Gasteiger partial charge in [0.2, 0.25) is 5.91 Å². The van der Waals surface area contributed by atoms with Crippen LogP contribution >= 0.6 is 11.8 Å². The predicted octanol–water partition coefficient (Wildman–Crippen LogP) is 3.44. The van der Waals surface area contributed by atoms with Crippen molar-refractivity contribution in [2.24, 2.45) is 0 Å². The molecule has 144 valence electrons. The number of rotatable bonds is 5. The average Bonchev–Trinajstić information content (AvgIpc) is 2.63. The quantitative estimate of drug-likeness (QED) is 0.627. The summed E-state index contributed by atoms with van der Waals surface area (Å²) >= 11 is 1.42. The first-order valence-corrected chi connectivity index (χ1v) is 10.1. The standard InChI is InChI=1S/C20H26N4O2S/c1-13-6-5-7-17(16(13)4)23-19(25)11-27-20-8-18(21-12-22-20)24-9-14(2)26-15(3)10-24/h5-8,12,14-15H,9-11H2,1-4H3,(H,23,25). The van der Waals surface area contributed by atoms with E-state index in [0.717, 1.165) is 40.7 Å². The Morgan fingerprint density at radius 2 is 2.00 bits per heavy atom. The first-order valence-electron chi connectivity index (χ1n) is 9.13. The van der Waals surface area contributed by atoms with E-state index < -0.39 is 0 Å². The Morgan fingerprint density at radius 1 is 1.26 bits per heavy atom. The lowest BCUT2D eigenvalue weighted by molar-refractivity contribution is -0.113. The number of hydrogen-bond donors (Lipinski definition) is 1. The number of morpholine rings is 1. The molecule has 0 aliphatic carbocycles. The molecule has 2 heterocycles. The van der Waals surface area contributed by atoms with Crippen LogP contribution in [-0.2, 0) is 9.53 Å². The Kier molecular flexibility index (Phi) is 6.34. The first-order chi connectivity index (χ1) is 12.9. The third kappa shape index (κ3) is 5.20. The number of aromatic nitrogens is 2. The molecule has 2 atom stereocenters. The Labute approximate surface area is 164 Å². The van der Waals surface area contributed by atoms with Crippen LogP contribution in [0.5, 0.6) is 0 Å². The van der Waals surface area contributed by atoms with Gasteiger partial charge in [0.05, 0.1) is 18.0 Å². The highest BCUT2D eigenvalue weighted by Crippen LogP contribution is 2.23. The fourth-order valence-corrected chi connectivity index (χ4v) is 3.82. The van der Waals surface area contributed by atoms with Crippen LogP contribution in [0.2, 0.25) is 0 Å². The van der Waals surface area contributed by atoms with Gasteiger partial charge >= 0.3 is 0 Å². The summed E-state index contributed by atoms with van der Waals surface area (Å²) in [6.07, 6.45) is 1.90. The van der Waals surface area contributed by atoms with E-state index in [-0.39, 0.29) is 18.1 Å². The van der Waals surface area contributed by atoms with Gasteiger partial charge in [-0.1, -0.05) is 23.9 Å². The molecule has 0 saturated carbocycles. The van der Waals surface area contributed by atoms with E-state index in [4.69, 9.17) is 4.74 Å². The van der Waals surface area contributed by atoms with Crippen molar-refractivity contribution >= 4 is 29.2 Å². The SMILES string of the molecule is Cc1cccc(NC(=O)CSc2cc(N3CC(C)OC(C)C3)ncn2)c1C. The third-order valence-electron chi connectivity index (χ3n) is 4.60. The Balaban J connectivity index is 1.59. The van der Waals surface area contributed by atoms with Crippen molar-refractivity contribution in [2.45, 2.75) is 44.9 Å². The smallest absolute Gasteiger partial charge is 0.234 e. The molecule has 3 rings (SSSR count). The second-order valence-corrected chi connectivity index (χ2v) is 7.96. The van der Waals surface area contributed by atoms with Gasteiger partial charge in [-0.25, -0.2) is 9.97 Å². The van der Waals surface area contributed by atoms with Gasteiger partial charge in [0, 0.05) is 24.8 Å². The molecule has 2 unspecified atom stereocenters. The molecular weight excluding hydrogens is 360 g/mol. The van der Waals surface area contributed by atoms with E-state index in [9.17, 15) is 4.79 Å². The summed E-state index contributed by atoms with van der Waals surface area (Å²) in [5, 5.41) is 3.78. The fraction of sp³-hybridized carbons (Fsp3) is 0.450. The number of anilines is 2. The number of carbonyl (C=O) groups excluding carboxylic acids is 1. The van der Waals surface area contributed by atoms with Crippen molar-refractivity contribution in [1.29, 1.82) is 0 Å². The molecule has 0 spiro atoms. The normalized spacial score (nSPS) is 19.8. The number of carbonyl (C=O) groups is 1. The van der Waals surface area contributed by atoms with E-state index in [2.05, 4.69) is 34.0 Å². The largest absolute Gasteiger partial charge is 0.372 e. The Bertz CT molecular complexity index is 804. The number of nitrogens with zero attached hydrogens (tertiary/aromatic N) is 3.